The number of nitrogens with two attached hydrogens (primary N) is 1. The smallest absolute Gasteiger partial charge is 0.138 e. The van der Waals surface area contributed by atoms with Gasteiger partial charge in [0, 0.05) is 4.47 Å². The largest absolute Gasteiger partial charge is 0.495 e. The SMILES string of the molecule is COc1cnc(CC(C)CN)c(Br)c1. The third-order valence-electron chi connectivity index (χ3n) is 2.07. The van der Waals surface area contributed by atoms with Crippen LogP contribution in [-0.2, 0) is 6.42 Å². The molecule has 0 saturated heterocycles. The lowest BCUT2D eigenvalue weighted by Crippen LogP contribution is -2.14. The number of methoxy groups -OCH3 is 1. The minimum Gasteiger partial charge on any atom is -0.495 e. The van der Waals surface area contributed by atoms with Gasteiger partial charge in [0.1, 0.15) is 5.75 Å². The van der Waals surface area contributed by atoms with E-state index in [1.807, 2.05) is 6.07 Å². The van der Waals surface area contributed by atoms with Crippen LogP contribution in [0.1, 0.15) is 12.6 Å². The molecular weight excluding hydrogens is 244 g/mol. The van der Waals surface area contributed by atoms with Gasteiger partial charge >= 0.3 is 0 Å². The Morgan fingerprint density at radius 2 is 2.36 bits per heavy atom. The molecule has 0 saturated carbocycles. The van der Waals surface area contributed by atoms with E-state index >= 15 is 0 Å². The Hall–Kier alpha value is -0.610. The highest BCUT2D eigenvalue weighted by Gasteiger charge is 2.07. The van der Waals surface area contributed by atoms with Crippen LogP contribution < -0.4 is 10.5 Å². The van der Waals surface area contributed by atoms with Gasteiger partial charge in [0.15, 0.2) is 0 Å². The number of hydrogen-bond acceptors (Lipinski definition) is 3. The van der Waals surface area contributed by atoms with Crippen LogP contribution in [0, 0.1) is 5.92 Å². The fourth-order valence-corrected chi connectivity index (χ4v) is 1.61. The summed E-state index contributed by atoms with van der Waals surface area (Å²) in [7, 11) is 1.63. The third-order valence-corrected chi connectivity index (χ3v) is 2.76. The van der Waals surface area contributed by atoms with E-state index in [-0.39, 0.29) is 0 Å². The van der Waals surface area contributed by atoms with Gasteiger partial charge in [-0.25, -0.2) is 0 Å². The molecule has 0 radical (unpaired) electrons. The Labute approximate surface area is 92.8 Å². The summed E-state index contributed by atoms with van der Waals surface area (Å²) < 4.78 is 6.05. The summed E-state index contributed by atoms with van der Waals surface area (Å²) in [5, 5.41) is 0. The van der Waals surface area contributed by atoms with Crippen LogP contribution in [0.2, 0.25) is 0 Å². The summed E-state index contributed by atoms with van der Waals surface area (Å²) in [6, 6.07) is 1.92. The third kappa shape index (κ3) is 2.96. The molecule has 0 spiro atoms. The van der Waals surface area contributed by atoms with Crippen LogP contribution in [0.3, 0.4) is 0 Å². The van der Waals surface area contributed by atoms with Crippen molar-refractivity contribution in [1.29, 1.82) is 0 Å². The molecule has 0 aliphatic heterocycles. The normalized spacial score (nSPS) is 12.6. The van der Waals surface area contributed by atoms with Crippen molar-refractivity contribution in [2.24, 2.45) is 11.7 Å². The topological polar surface area (TPSA) is 48.1 Å². The van der Waals surface area contributed by atoms with E-state index in [4.69, 9.17) is 10.5 Å². The number of nitrogens with zero attached hydrogens (tertiary/aromatic N) is 1. The summed E-state index contributed by atoms with van der Waals surface area (Å²) in [6.45, 7) is 2.79. The number of hydrogen-bond donors (Lipinski definition) is 1. The molecule has 1 atom stereocenters. The molecule has 4 heteroatoms. The second kappa shape index (κ2) is 5.32. The first kappa shape index (κ1) is 11.5. The van der Waals surface area contributed by atoms with E-state index in [0.29, 0.717) is 12.5 Å². The first-order valence-corrected chi connectivity index (χ1v) is 5.35. The van der Waals surface area contributed by atoms with Gasteiger partial charge in [-0.1, -0.05) is 6.92 Å². The van der Waals surface area contributed by atoms with Crippen molar-refractivity contribution in [2.45, 2.75) is 13.3 Å². The maximum Gasteiger partial charge on any atom is 0.138 e. The molecule has 3 nitrogen and oxygen atoms in total. The Balaban J connectivity index is 2.78. The summed E-state index contributed by atoms with van der Waals surface area (Å²) in [5.41, 5.74) is 6.59. The van der Waals surface area contributed by atoms with Gasteiger partial charge < -0.3 is 10.5 Å². The van der Waals surface area contributed by atoms with Gasteiger partial charge in [0.25, 0.3) is 0 Å². The number of halogens is 1. The van der Waals surface area contributed by atoms with Crippen molar-refractivity contribution in [3.63, 3.8) is 0 Å². The Kier molecular flexibility index (Phi) is 4.35. The van der Waals surface area contributed by atoms with E-state index < -0.39 is 0 Å². The molecule has 1 aromatic heterocycles. The second-order valence-electron chi connectivity index (χ2n) is 3.35. The van der Waals surface area contributed by atoms with Crippen LogP contribution in [0.4, 0.5) is 0 Å². The maximum absolute atomic E-state index is 5.56. The summed E-state index contributed by atoms with van der Waals surface area (Å²) in [6.07, 6.45) is 2.62. The van der Waals surface area contributed by atoms with Crippen LogP contribution in [0.25, 0.3) is 0 Å². The highest BCUT2D eigenvalue weighted by molar-refractivity contribution is 9.10. The number of aromatic nitrogens is 1. The van der Waals surface area contributed by atoms with Gasteiger partial charge in [-0.15, -0.1) is 0 Å². The van der Waals surface area contributed by atoms with Crippen molar-refractivity contribution < 1.29 is 4.74 Å². The lowest BCUT2D eigenvalue weighted by Gasteiger charge is -2.09. The molecule has 0 amide bonds. The number of rotatable bonds is 4. The zero-order valence-electron chi connectivity index (χ0n) is 8.46. The van der Waals surface area contributed by atoms with Crippen molar-refractivity contribution in [3.05, 3.63) is 22.4 Å². The van der Waals surface area contributed by atoms with Crippen molar-refractivity contribution in [1.82, 2.24) is 4.98 Å². The van der Waals surface area contributed by atoms with E-state index in [0.717, 1.165) is 22.3 Å². The van der Waals surface area contributed by atoms with E-state index in [9.17, 15) is 0 Å². The average molecular weight is 259 g/mol. The highest BCUT2D eigenvalue weighted by atomic mass is 79.9. The lowest BCUT2D eigenvalue weighted by molar-refractivity contribution is 0.412. The molecule has 0 aliphatic rings. The molecule has 0 aromatic carbocycles. The van der Waals surface area contributed by atoms with E-state index in [2.05, 4.69) is 27.8 Å². The summed E-state index contributed by atoms with van der Waals surface area (Å²) in [5.74, 6) is 1.22. The number of pyridine rings is 1. The molecular formula is C10H15BrN2O. The Morgan fingerprint density at radius 1 is 1.64 bits per heavy atom. The van der Waals surface area contributed by atoms with Crippen molar-refractivity contribution >= 4 is 15.9 Å². The fraction of sp³-hybridized carbons (Fsp3) is 0.500. The van der Waals surface area contributed by atoms with Crippen LogP contribution in [0.15, 0.2) is 16.7 Å². The first-order chi connectivity index (χ1) is 6.67. The Morgan fingerprint density at radius 3 is 2.86 bits per heavy atom. The van der Waals surface area contributed by atoms with Gasteiger partial charge in [-0.2, -0.15) is 0 Å². The number of ether oxygens (including phenoxy) is 1. The molecule has 0 bridgehead atoms. The quantitative estimate of drug-likeness (QED) is 0.899. The summed E-state index contributed by atoms with van der Waals surface area (Å²) >= 11 is 3.46. The molecule has 2 N–H and O–H groups in total. The second-order valence-corrected chi connectivity index (χ2v) is 4.20. The van der Waals surface area contributed by atoms with Gasteiger partial charge in [0.05, 0.1) is 19.0 Å². The molecule has 14 heavy (non-hydrogen) atoms. The lowest BCUT2D eigenvalue weighted by atomic mass is 10.1. The molecule has 1 aromatic rings. The Bertz CT molecular complexity index is 304. The predicted octanol–water partition coefficient (Wildman–Crippen LogP) is 1.99. The zero-order chi connectivity index (χ0) is 10.6. The fourth-order valence-electron chi connectivity index (χ4n) is 1.12. The molecule has 1 heterocycles. The molecule has 0 fully saturated rings. The van der Waals surface area contributed by atoms with Crippen molar-refractivity contribution in [3.8, 4) is 5.75 Å². The molecule has 1 rings (SSSR count). The molecule has 78 valence electrons. The average Bonchev–Trinajstić information content (AvgIpc) is 2.20. The van der Waals surface area contributed by atoms with Crippen molar-refractivity contribution in [2.75, 3.05) is 13.7 Å². The first-order valence-electron chi connectivity index (χ1n) is 4.55. The minimum absolute atomic E-state index is 0.451. The van der Waals surface area contributed by atoms with E-state index in [1.54, 1.807) is 13.3 Å². The van der Waals surface area contributed by atoms with Crippen LogP contribution >= 0.6 is 15.9 Å². The van der Waals surface area contributed by atoms with Gasteiger partial charge in [-0.3, -0.25) is 4.98 Å². The van der Waals surface area contributed by atoms with Gasteiger partial charge in [0.2, 0.25) is 0 Å². The monoisotopic (exact) mass is 258 g/mol. The maximum atomic E-state index is 5.56. The van der Waals surface area contributed by atoms with Gasteiger partial charge in [-0.05, 0) is 40.9 Å². The summed E-state index contributed by atoms with van der Waals surface area (Å²) in [4.78, 5) is 4.31. The van der Waals surface area contributed by atoms with Crippen LogP contribution in [-0.4, -0.2) is 18.6 Å². The minimum atomic E-state index is 0.451. The predicted molar refractivity (Wildman–Crippen MR) is 60.4 cm³/mol. The molecule has 0 aliphatic carbocycles. The standard InChI is InChI=1S/C10H15BrN2O/c1-7(5-12)3-10-9(11)4-8(14-2)6-13-10/h4,6-7H,3,5,12H2,1-2H3. The van der Waals surface area contributed by atoms with Crippen LogP contribution in [0.5, 0.6) is 5.75 Å². The zero-order valence-corrected chi connectivity index (χ0v) is 10.0. The molecule has 1 unspecified atom stereocenters. The van der Waals surface area contributed by atoms with E-state index in [1.165, 1.54) is 0 Å². The highest BCUT2D eigenvalue weighted by Crippen LogP contribution is 2.22.